The second-order valence-corrected chi connectivity index (χ2v) is 12.0. The zero-order valence-corrected chi connectivity index (χ0v) is 22.7. The molecule has 37 heavy (non-hydrogen) atoms. The van der Waals surface area contributed by atoms with E-state index in [1.54, 1.807) is 37.5 Å². The van der Waals surface area contributed by atoms with Crippen molar-refractivity contribution in [2.75, 3.05) is 46.5 Å². The van der Waals surface area contributed by atoms with Gasteiger partial charge in [-0.3, -0.25) is 4.98 Å². The fourth-order valence-electron chi connectivity index (χ4n) is 4.85. The number of ether oxygens (including phenoxy) is 2. The Morgan fingerprint density at radius 1 is 1.19 bits per heavy atom. The largest absolute Gasteiger partial charge is 0.487 e. The van der Waals surface area contributed by atoms with E-state index in [0.29, 0.717) is 23.8 Å². The van der Waals surface area contributed by atoms with Crippen molar-refractivity contribution in [2.45, 2.75) is 43.7 Å². The molecular weight excluding hydrogens is 490 g/mol. The summed E-state index contributed by atoms with van der Waals surface area (Å²) in [5.41, 5.74) is 1.43. The van der Waals surface area contributed by atoms with Gasteiger partial charge in [-0.05, 0) is 63.1 Å². The minimum atomic E-state index is -3.88. The van der Waals surface area contributed by atoms with Crippen molar-refractivity contribution in [1.82, 2.24) is 14.2 Å². The third-order valence-electron chi connectivity index (χ3n) is 7.08. The van der Waals surface area contributed by atoms with Crippen molar-refractivity contribution >= 4 is 10.0 Å². The maximum absolute atomic E-state index is 13.7. The maximum Gasteiger partial charge on any atom is 0.247 e. The number of rotatable bonds is 6. The highest BCUT2D eigenvalue weighted by molar-refractivity contribution is 7.89. The molecule has 0 spiro atoms. The van der Waals surface area contributed by atoms with Gasteiger partial charge in [-0.1, -0.05) is 18.8 Å². The summed E-state index contributed by atoms with van der Waals surface area (Å²) in [7, 11) is -1.79. The van der Waals surface area contributed by atoms with Crippen LogP contribution in [0.25, 0.3) is 0 Å². The number of aromatic nitrogens is 1. The van der Waals surface area contributed by atoms with Crippen molar-refractivity contribution in [3.8, 4) is 17.6 Å². The third kappa shape index (κ3) is 6.89. The molecule has 0 amide bonds. The quantitative estimate of drug-likeness (QED) is 0.578. The van der Waals surface area contributed by atoms with Gasteiger partial charge in [0.1, 0.15) is 16.7 Å². The van der Waals surface area contributed by atoms with E-state index in [9.17, 15) is 13.5 Å². The van der Waals surface area contributed by atoms with Crippen LogP contribution in [0, 0.1) is 23.7 Å². The Morgan fingerprint density at radius 2 is 1.95 bits per heavy atom. The number of aliphatic hydroxyl groups is 1. The van der Waals surface area contributed by atoms with Crippen LogP contribution in [0.2, 0.25) is 0 Å². The molecule has 2 aromatic rings. The predicted molar refractivity (Wildman–Crippen MR) is 142 cm³/mol. The van der Waals surface area contributed by atoms with Crippen LogP contribution < -0.4 is 4.74 Å². The van der Waals surface area contributed by atoms with Crippen molar-refractivity contribution in [2.24, 2.45) is 11.8 Å². The number of aliphatic hydroxyl groups excluding tert-OH is 1. The minimum absolute atomic E-state index is 0.0980. The fourth-order valence-corrected chi connectivity index (χ4v) is 6.68. The summed E-state index contributed by atoms with van der Waals surface area (Å²) in [5, 5.41) is 9.85. The molecule has 1 aromatic heterocycles. The van der Waals surface area contributed by atoms with Crippen molar-refractivity contribution < 1.29 is 23.0 Å². The van der Waals surface area contributed by atoms with Gasteiger partial charge in [-0.25, -0.2) is 8.42 Å². The van der Waals surface area contributed by atoms with Gasteiger partial charge in [0.05, 0.1) is 6.61 Å². The molecule has 9 heteroatoms. The molecule has 3 atom stereocenters. The van der Waals surface area contributed by atoms with E-state index >= 15 is 0 Å². The normalized spacial score (nSPS) is 23.2. The van der Waals surface area contributed by atoms with E-state index in [1.165, 1.54) is 4.31 Å². The fraction of sp³-hybridized carbons (Fsp3) is 0.536. The average Bonchev–Trinajstić information content (AvgIpc) is 2.90. The first-order valence-corrected chi connectivity index (χ1v) is 14.3. The molecule has 0 saturated carbocycles. The number of nitrogens with zero attached hydrogens (tertiary/aromatic N) is 3. The van der Waals surface area contributed by atoms with Gasteiger partial charge < -0.3 is 19.5 Å². The summed E-state index contributed by atoms with van der Waals surface area (Å²) < 4.78 is 40.7. The van der Waals surface area contributed by atoms with Gasteiger partial charge in [0.25, 0.3) is 0 Å². The SMILES string of the molecule is C[C@@H]1CN([C@H](C)CO)S(=O)(=O)c2ccc(C#Cc3cccnc3)cc2O[C@@H]1CN(C)CC1CCOCC1. The smallest absolute Gasteiger partial charge is 0.247 e. The summed E-state index contributed by atoms with van der Waals surface area (Å²) in [6.45, 7) is 6.95. The van der Waals surface area contributed by atoms with Crippen molar-refractivity contribution in [1.29, 1.82) is 0 Å². The predicted octanol–water partition coefficient (Wildman–Crippen LogP) is 2.61. The lowest BCUT2D eigenvalue weighted by Gasteiger charge is -2.38. The molecule has 3 heterocycles. The Morgan fingerprint density at radius 3 is 2.65 bits per heavy atom. The van der Waals surface area contributed by atoms with Crippen LogP contribution in [-0.2, 0) is 14.8 Å². The Bertz CT molecular complexity index is 1210. The third-order valence-corrected chi connectivity index (χ3v) is 9.10. The summed E-state index contributed by atoms with van der Waals surface area (Å²) >= 11 is 0. The maximum atomic E-state index is 13.7. The molecule has 1 fully saturated rings. The highest BCUT2D eigenvalue weighted by Gasteiger charge is 2.38. The highest BCUT2D eigenvalue weighted by Crippen LogP contribution is 2.34. The molecule has 2 aliphatic heterocycles. The molecule has 200 valence electrons. The average molecular weight is 528 g/mol. The molecular formula is C28H37N3O5S. The van der Waals surface area contributed by atoms with Gasteiger partial charge in [0.2, 0.25) is 10.0 Å². The number of fused-ring (bicyclic) bond motifs is 1. The molecule has 2 aliphatic rings. The van der Waals surface area contributed by atoms with Crippen LogP contribution in [0.4, 0.5) is 0 Å². The van der Waals surface area contributed by atoms with Crippen molar-refractivity contribution in [3.05, 3.63) is 53.9 Å². The molecule has 8 nitrogen and oxygen atoms in total. The molecule has 0 radical (unpaired) electrons. The zero-order valence-electron chi connectivity index (χ0n) is 21.8. The van der Waals surface area contributed by atoms with Crippen LogP contribution in [0.3, 0.4) is 0 Å². The molecule has 4 rings (SSSR count). The highest BCUT2D eigenvalue weighted by atomic mass is 32.2. The summed E-state index contributed by atoms with van der Waals surface area (Å²) in [5.74, 6) is 6.95. The first-order chi connectivity index (χ1) is 17.8. The number of likely N-dealkylation sites (N-methyl/N-ethyl adjacent to an activating group) is 1. The van der Waals surface area contributed by atoms with Crippen LogP contribution in [0.5, 0.6) is 5.75 Å². The molecule has 0 aliphatic carbocycles. The minimum Gasteiger partial charge on any atom is -0.487 e. The topological polar surface area (TPSA) is 92.2 Å². The van der Waals surface area contributed by atoms with E-state index in [4.69, 9.17) is 9.47 Å². The van der Waals surface area contributed by atoms with Gasteiger partial charge in [0.15, 0.2) is 0 Å². The van der Waals surface area contributed by atoms with Gasteiger partial charge >= 0.3 is 0 Å². The number of sulfonamides is 1. The summed E-state index contributed by atoms with van der Waals surface area (Å²) in [4.78, 5) is 6.46. The van der Waals surface area contributed by atoms with E-state index in [-0.39, 0.29) is 30.1 Å². The molecule has 0 unspecified atom stereocenters. The van der Waals surface area contributed by atoms with Crippen LogP contribution >= 0.6 is 0 Å². The molecule has 1 saturated heterocycles. The van der Waals surface area contributed by atoms with E-state index in [0.717, 1.165) is 38.2 Å². The molecule has 0 bridgehead atoms. The number of hydrogen-bond donors (Lipinski definition) is 1. The Balaban J connectivity index is 1.65. The molecule has 1 N–H and O–H groups in total. The van der Waals surface area contributed by atoms with Crippen LogP contribution in [0.1, 0.15) is 37.8 Å². The number of pyridine rings is 1. The monoisotopic (exact) mass is 527 g/mol. The Kier molecular flexibility index (Phi) is 9.22. The van der Waals surface area contributed by atoms with Gasteiger partial charge in [-0.2, -0.15) is 4.31 Å². The van der Waals surface area contributed by atoms with Gasteiger partial charge in [-0.15, -0.1) is 0 Å². The first kappa shape index (κ1) is 27.6. The second kappa shape index (κ2) is 12.4. The Labute approximate surface area is 220 Å². The Hall–Kier alpha value is -2.48. The molecule has 1 aromatic carbocycles. The lowest BCUT2D eigenvalue weighted by molar-refractivity contribution is 0.0402. The zero-order chi connectivity index (χ0) is 26.4. The number of benzene rings is 1. The van der Waals surface area contributed by atoms with Crippen LogP contribution in [0.15, 0.2) is 47.6 Å². The van der Waals surface area contributed by atoms with E-state index in [1.807, 2.05) is 19.1 Å². The van der Waals surface area contributed by atoms with Crippen molar-refractivity contribution in [3.63, 3.8) is 0 Å². The second-order valence-electron chi connectivity index (χ2n) is 10.2. The first-order valence-electron chi connectivity index (χ1n) is 12.9. The lowest BCUT2D eigenvalue weighted by Crippen LogP contribution is -2.50. The van der Waals surface area contributed by atoms with E-state index < -0.39 is 16.1 Å². The summed E-state index contributed by atoms with van der Waals surface area (Å²) in [6, 6.07) is 8.11. The van der Waals surface area contributed by atoms with E-state index in [2.05, 4.69) is 28.8 Å². The number of hydrogen-bond acceptors (Lipinski definition) is 7. The van der Waals surface area contributed by atoms with Gasteiger partial charge in [0, 0.05) is 68.3 Å². The lowest BCUT2D eigenvalue weighted by atomic mass is 9.98. The van der Waals surface area contributed by atoms with Crippen LogP contribution in [-0.4, -0.2) is 86.4 Å². The standard InChI is InChI=1S/C28H37N3O5S/c1-21-17-31(22(2)20-32)37(33,34)28-9-8-23(6-7-24-5-4-12-29-16-24)15-26(28)36-27(21)19-30(3)18-25-10-13-35-14-11-25/h4-5,8-9,12,15-16,21-22,25,27,32H,10-11,13-14,17-20H2,1-3H3/t21-,22-,27-/m1/s1. The summed E-state index contributed by atoms with van der Waals surface area (Å²) in [6.07, 6.45) is 5.23.